The molecule has 0 spiro atoms. The van der Waals surface area contributed by atoms with Crippen molar-refractivity contribution >= 4 is 23.1 Å². The third kappa shape index (κ3) is 3.87. The van der Waals surface area contributed by atoms with E-state index in [1.807, 2.05) is 24.0 Å². The largest absolute Gasteiger partial charge is 0.366 e. The first-order valence-electron chi connectivity index (χ1n) is 11.2. The van der Waals surface area contributed by atoms with Crippen LogP contribution in [0.5, 0.6) is 0 Å². The van der Waals surface area contributed by atoms with Crippen LogP contribution in [0.25, 0.3) is 0 Å². The number of hydrogen-bond donors (Lipinski definition) is 1. The summed E-state index contributed by atoms with van der Waals surface area (Å²) in [6.07, 6.45) is 7.52. The zero-order chi connectivity index (χ0) is 21.6. The molecule has 31 heavy (non-hydrogen) atoms. The molecule has 0 radical (unpaired) electrons. The first kappa shape index (κ1) is 19.9. The van der Waals surface area contributed by atoms with E-state index in [1.165, 1.54) is 24.1 Å². The molecule has 1 saturated heterocycles. The molecule has 0 unspecified atom stereocenters. The Kier molecular flexibility index (Phi) is 4.88. The average Bonchev–Trinajstić information content (AvgIpc) is 3.46. The number of benzene rings is 1. The molecule has 1 atom stereocenters. The summed E-state index contributed by atoms with van der Waals surface area (Å²) in [7, 11) is 2.07. The van der Waals surface area contributed by atoms with E-state index in [9.17, 15) is 4.79 Å². The number of carbonyl (C=O) groups excluding carboxylic acids is 1. The molecule has 1 saturated carbocycles. The fraction of sp³-hybridized carbons (Fsp3) is 0.440. The van der Waals surface area contributed by atoms with E-state index < -0.39 is 0 Å². The lowest BCUT2D eigenvalue weighted by Crippen LogP contribution is -2.34. The van der Waals surface area contributed by atoms with Gasteiger partial charge in [-0.3, -0.25) is 4.79 Å². The van der Waals surface area contributed by atoms with Gasteiger partial charge in [-0.05, 0) is 55.9 Å². The number of pyridine rings is 1. The van der Waals surface area contributed by atoms with Crippen LogP contribution in [0, 0.1) is 18.3 Å². The highest BCUT2D eigenvalue weighted by atomic mass is 16.2. The Morgan fingerprint density at radius 2 is 2.00 bits per heavy atom. The second-order valence-electron chi connectivity index (χ2n) is 9.44. The van der Waals surface area contributed by atoms with E-state index >= 15 is 0 Å². The Bertz CT molecular complexity index is 1030. The third-order valence-electron chi connectivity index (χ3n) is 6.91. The lowest BCUT2D eigenvalue weighted by Gasteiger charge is -2.24. The SMILES string of the molecule is Cc1cc(N2CC[C@@](C)(C3CC3)C2=O)cc(NCc2cccc(N3C=CN(C)C3)c2)n1. The van der Waals surface area contributed by atoms with Gasteiger partial charge in [-0.15, -0.1) is 0 Å². The molecular weight excluding hydrogens is 386 g/mol. The van der Waals surface area contributed by atoms with E-state index in [0.717, 1.165) is 36.8 Å². The molecule has 3 heterocycles. The summed E-state index contributed by atoms with van der Waals surface area (Å²) in [4.78, 5) is 24.2. The van der Waals surface area contributed by atoms with Crippen LogP contribution < -0.4 is 15.1 Å². The van der Waals surface area contributed by atoms with Gasteiger partial charge in [-0.1, -0.05) is 19.1 Å². The molecular formula is C25H31N5O. The highest BCUT2D eigenvalue weighted by Crippen LogP contribution is 2.52. The quantitative estimate of drug-likeness (QED) is 0.758. The number of nitrogens with one attached hydrogen (secondary N) is 1. The molecule has 1 aromatic carbocycles. The van der Waals surface area contributed by atoms with Crippen LogP contribution in [0.15, 0.2) is 48.8 Å². The lowest BCUT2D eigenvalue weighted by atomic mass is 9.83. The van der Waals surface area contributed by atoms with Crippen LogP contribution in [0.4, 0.5) is 17.2 Å². The Morgan fingerprint density at radius 3 is 2.74 bits per heavy atom. The molecule has 1 N–H and O–H groups in total. The molecule has 1 aliphatic carbocycles. The molecule has 6 nitrogen and oxygen atoms in total. The van der Waals surface area contributed by atoms with Crippen molar-refractivity contribution in [2.24, 2.45) is 11.3 Å². The van der Waals surface area contributed by atoms with Crippen molar-refractivity contribution < 1.29 is 4.79 Å². The van der Waals surface area contributed by atoms with E-state index in [1.54, 1.807) is 0 Å². The summed E-state index contributed by atoms with van der Waals surface area (Å²) < 4.78 is 0. The maximum atomic E-state index is 13.2. The number of aromatic nitrogens is 1. The van der Waals surface area contributed by atoms with Gasteiger partial charge >= 0.3 is 0 Å². The number of rotatable bonds is 6. The molecule has 2 aromatic rings. The molecule has 162 valence electrons. The fourth-order valence-electron chi connectivity index (χ4n) is 4.84. The van der Waals surface area contributed by atoms with Crippen molar-refractivity contribution in [2.45, 2.75) is 39.7 Å². The monoisotopic (exact) mass is 417 g/mol. The number of hydrogen-bond acceptors (Lipinski definition) is 5. The zero-order valence-corrected chi connectivity index (χ0v) is 18.6. The van der Waals surface area contributed by atoms with Crippen LogP contribution >= 0.6 is 0 Å². The second kappa shape index (κ2) is 7.59. The predicted molar refractivity (Wildman–Crippen MR) is 125 cm³/mol. The smallest absolute Gasteiger partial charge is 0.233 e. The van der Waals surface area contributed by atoms with Crippen LogP contribution in [-0.2, 0) is 11.3 Å². The lowest BCUT2D eigenvalue weighted by molar-refractivity contribution is -0.125. The van der Waals surface area contributed by atoms with Gasteiger partial charge in [0.1, 0.15) is 5.82 Å². The van der Waals surface area contributed by atoms with Crippen LogP contribution in [0.2, 0.25) is 0 Å². The van der Waals surface area contributed by atoms with Gasteiger partial charge in [-0.2, -0.15) is 0 Å². The summed E-state index contributed by atoms with van der Waals surface area (Å²) >= 11 is 0. The van der Waals surface area contributed by atoms with Gasteiger partial charge in [0.25, 0.3) is 0 Å². The van der Waals surface area contributed by atoms with Gasteiger partial charge in [0, 0.05) is 55.7 Å². The number of anilines is 3. The molecule has 1 amide bonds. The first-order chi connectivity index (χ1) is 14.9. The van der Waals surface area contributed by atoms with E-state index in [-0.39, 0.29) is 11.3 Å². The minimum absolute atomic E-state index is 0.177. The average molecular weight is 418 g/mol. The second-order valence-corrected chi connectivity index (χ2v) is 9.44. The fourth-order valence-corrected chi connectivity index (χ4v) is 4.84. The highest BCUT2D eigenvalue weighted by molar-refractivity contribution is 6.00. The standard InChI is InChI=1S/C25H31N5O/c1-18-13-22(30-10-9-25(2,24(30)31)20-7-8-20)15-23(27-18)26-16-19-5-4-6-21(14-19)29-12-11-28(3)17-29/h4-6,11-15,20H,7-10,16-17H2,1-3H3,(H,26,27)/t25-/m0/s1. The Balaban J connectivity index is 1.29. The minimum atomic E-state index is -0.177. The van der Waals surface area contributed by atoms with Crippen molar-refractivity contribution in [2.75, 3.05) is 35.4 Å². The van der Waals surface area contributed by atoms with Gasteiger partial charge in [-0.25, -0.2) is 4.98 Å². The Labute approximate surface area is 184 Å². The molecule has 1 aromatic heterocycles. The summed E-state index contributed by atoms with van der Waals surface area (Å²) in [5.41, 5.74) is 4.09. The molecule has 2 fully saturated rings. The van der Waals surface area contributed by atoms with Gasteiger partial charge in [0.15, 0.2) is 0 Å². The maximum absolute atomic E-state index is 13.2. The maximum Gasteiger partial charge on any atom is 0.233 e. The van der Waals surface area contributed by atoms with Gasteiger partial charge < -0.3 is 20.0 Å². The summed E-state index contributed by atoms with van der Waals surface area (Å²) in [6.45, 7) is 6.50. The molecule has 6 heteroatoms. The first-order valence-corrected chi connectivity index (χ1v) is 11.2. The van der Waals surface area contributed by atoms with Crippen molar-refractivity contribution in [1.82, 2.24) is 9.88 Å². The number of carbonyl (C=O) groups is 1. The van der Waals surface area contributed by atoms with Crippen molar-refractivity contribution in [3.05, 3.63) is 60.1 Å². The van der Waals surface area contributed by atoms with Crippen molar-refractivity contribution in [3.8, 4) is 0 Å². The van der Waals surface area contributed by atoms with Crippen LogP contribution in [0.1, 0.15) is 37.4 Å². The highest BCUT2D eigenvalue weighted by Gasteiger charge is 2.52. The van der Waals surface area contributed by atoms with Crippen LogP contribution in [-0.4, -0.2) is 36.1 Å². The predicted octanol–water partition coefficient (Wildman–Crippen LogP) is 4.34. The van der Waals surface area contributed by atoms with E-state index in [0.29, 0.717) is 12.5 Å². The molecule has 5 rings (SSSR count). The molecule has 0 bridgehead atoms. The Morgan fingerprint density at radius 1 is 1.16 bits per heavy atom. The minimum Gasteiger partial charge on any atom is -0.366 e. The van der Waals surface area contributed by atoms with Crippen LogP contribution in [0.3, 0.4) is 0 Å². The van der Waals surface area contributed by atoms with E-state index in [4.69, 9.17) is 0 Å². The van der Waals surface area contributed by atoms with Gasteiger partial charge in [0.2, 0.25) is 5.91 Å². The zero-order valence-electron chi connectivity index (χ0n) is 18.6. The molecule has 2 aliphatic heterocycles. The number of amides is 1. The topological polar surface area (TPSA) is 51.7 Å². The van der Waals surface area contributed by atoms with E-state index in [2.05, 4.69) is 70.7 Å². The molecule has 3 aliphatic rings. The normalized spacial score (nSPS) is 23.2. The number of aryl methyl sites for hydroxylation is 1. The van der Waals surface area contributed by atoms with Crippen molar-refractivity contribution in [3.63, 3.8) is 0 Å². The number of nitrogens with zero attached hydrogens (tertiary/aromatic N) is 4. The summed E-state index contributed by atoms with van der Waals surface area (Å²) in [6, 6.07) is 12.6. The summed E-state index contributed by atoms with van der Waals surface area (Å²) in [5, 5.41) is 3.47. The third-order valence-corrected chi connectivity index (χ3v) is 6.91. The Hall–Kier alpha value is -3.02. The van der Waals surface area contributed by atoms with Crippen molar-refractivity contribution in [1.29, 1.82) is 0 Å². The van der Waals surface area contributed by atoms with Gasteiger partial charge in [0.05, 0.1) is 12.1 Å². The summed E-state index contributed by atoms with van der Waals surface area (Å²) in [5.74, 6) is 1.67.